The van der Waals surface area contributed by atoms with Gasteiger partial charge < -0.3 is 20.1 Å². The number of nitrogens with zero attached hydrogens (tertiary/aromatic N) is 1. The summed E-state index contributed by atoms with van der Waals surface area (Å²) in [4.78, 5) is 38.3. The molecule has 2 heterocycles. The number of imide groups is 1. The molecule has 2 aromatic carbocycles. The molecule has 0 unspecified atom stereocenters. The van der Waals surface area contributed by atoms with Crippen LogP contribution in [0.2, 0.25) is 0 Å². The fourth-order valence-corrected chi connectivity index (χ4v) is 3.15. The molecule has 2 aromatic rings. The number of amides is 4. The van der Waals surface area contributed by atoms with Gasteiger partial charge in [-0.15, -0.1) is 0 Å². The summed E-state index contributed by atoms with van der Waals surface area (Å²) in [7, 11) is 0. The Hall–Kier alpha value is -3.62. The highest BCUT2D eigenvalue weighted by Gasteiger charge is 2.49. The van der Waals surface area contributed by atoms with Gasteiger partial charge in [0.2, 0.25) is 12.7 Å². The third-order valence-electron chi connectivity index (χ3n) is 4.63. The Kier molecular flexibility index (Phi) is 4.14. The van der Waals surface area contributed by atoms with E-state index in [1.165, 1.54) is 18.2 Å². The minimum Gasteiger partial charge on any atom is -0.454 e. The number of hydrogen-bond acceptors (Lipinski definition) is 5. The van der Waals surface area contributed by atoms with Crippen LogP contribution < -0.4 is 20.1 Å². The van der Waals surface area contributed by atoms with Crippen LogP contribution in [-0.4, -0.2) is 36.1 Å². The van der Waals surface area contributed by atoms with Crippen molar-refractivity contribution in [2.45, 2.75) is 12.5 Å². The summed E-state index contributed by atoms with van der Waals surface area (Å²) >= 11 is 0. The second-order valence-electron chi connectivity index (χ2n) is 6.57. The van der Waals surface area contributed by atoms with E-state index in [4.69, 9.17) is 9.47 Å². The van der Waals surface area contributed by atoms with Crippen molar-refractivity contribution in [3.05, 3.63) is 53.8 Å². The number of fused-ring (bicyclic) bond motifs is 1. The van der Waals surface area contributed by atoms with E-state index < -0.39 is 35.7 Å². The van der Waals surface area contributed by atoms with Gasteiger partial charge in [-0.2, -0.15) is 0 Å². The van der Waals surface area contributed by atoms with Crippen LogP contribution in [0.15, 0.2) is 42.5 Å². The van der Waals surface area contributed by atoms with E-state index >= 15 is 0 Å². The third-order valence-corrected chi connectivity index (χ3v) is 4.63. The van der Waals surface area contributed by atoms with Crippen LogP contribution in [0.4, 0.5) is 14.9 Å². The number of urea groups is 1. The van der Waals surface area contributed by atoms with Crippen LogP contribution in [0.1, 0.15) is 12.5 Å². The summed E-state index contributed by atoms with van der Waals surface area (Å²) in [6, 6.07) is 9.56. The second-order valence-corrected chi connectivity index (χ2v) is 6.57. The van der Waals surface area contributed by atoms with Crippen LogP contribution in [0.3, 0.4) is 0 Å². The molecule has 0 aliphatic carbocycles. The highest BCUT2D eigenvalue weighted by molar-refractivity contribution is 6.10. The summed E-state index contributed by atoms with van der Waals surface area (Å²) in [6.07, 6.45) is 0. The lowest BCUT2D eigenvalue weighted by Crippen LogP contribution is -2.42. The van der Waals surface area contributed by atoms with Gasteiger partial charge in [-0.3, -0.25) is 14.5 Å². The van der Waals surface area contributed by atoms with Gasteiger partial charge in [-0.05, 0) is 42.8 Å². The standard InChI is InChI=1S/C19H16FN3O5/c1-19(11-5-6-14-15(7-11)28-10-27-14)17(25)23(18(26)22-19)9-16(24)21-13-4-2-3-12(20)8-13/h2-8H,9-10H2,1H3,(H,21,24)(H,22,26)/t19-/m1/s1. The first-order valence-corrected chi connectivity index (χ1v) is 8.46. The number of benzene rings is 2. The molecule has 2 aliphatic heterocycles. The van der Waals surface area contributed by atoms with Gasteiger partial charge in [0.1, 0.15) is 17.9 Å². The zero-order valence-corrected chi connectivity index (χ0v) is 14.8. The zero-order valence-electron chi connectivity index (χ0n) is 14.8. The Morgan fingerprint density at radius 3 is 2.79 bits per heavy atom. The normalized spacial score (nSPS) is 20.3. The fourth-order valence-electron chi connectivity index (χ4n) is 3.15. The Labute approximate surface area is 159 Å². The molecule has 1 fully saturated rings. The first-order valence-electron chi connectivity index (χ1n) is 8.46. The molecule has 2 N–H and O–H groups in total. The second kappa shape index (κ2) is 6.52. The molecule has 4 amide bonds. The molecular formula is C19H16FN3O5. The van der Waals surface area contributed by atoms with Crippen molar-refractivity contribution in [3.63, 3.8) is 0 Å². The van der Waals surface area contributed by atoms with Gasteiger partial charge in [-0.1, -0.05) is 12.1 Å². The van der Waals surface area contributed by atoms with E-state index in [1.807, 2.05) is 0 Å². The molecule has 9 heteroatoms. The molecular weight excluding hydrogens is 369 g/mol. The Morgan fingerprint density at radius 1 is 1.21 bits per heavy atom. The molecule has 0 spiro atoms. The third kappa shape index (κ3) is 3.00. The number of ether oxygens (including phenoxy) is 2. The van der Waals surface area contributed by atoms with Crippen LogP contribution in [0.25, 0.3) is 0 Å². The quantitative estimate of drug-likeness (QED) is 0.785. The molecule has 1 saturated heterocycles. The van der Waals surface area contributed by atoms with Gasteiger partial charge in [0, 0.05) is 5.69 Å². The van der Waals surface area contributed by atoms with Gasteiger partial charge in [0.05, 0.1) is 0 Å². The highest BCUT2D eigenvalue weighted by Crippen LogP contribution is 2.37. The highest BCUT2D eigenvalue weighted by atomic mass is 19.1. The topological polar surface area (TPSA) is 97.0 Å². The molecule has 0 aromatic heterocycles. The van der Waals surface area contributed by atoms with E-state index in [1.54, 1.807) is 25.1 Å². The van der Waals surface area contributed by atoms with E-state index in [9.17, 15) is 18.8 Å². The van der Waals surface area contributed by atoms with Crippen LogP contribution in [0, 0.1) is 5.82 Å². The lowest BCUT2D eigenvalue weighted by molar-refractivity contribution is -0.133. The average Bonchev–Trinajstić information content (AvgIpc) is 3.20. The summed E-state index contributed by atoms with van der Waals surface area (Å²) in [5, 5.41) is 5.08. The van der Waals surface area contributed by atoms with Gasteiger partial charge >= 0.3 is 6.03 Å². The number of halogens is 1. The number of carbonyl (C=O) groups is 3. The molecule has 0 bridgehead atoms. The lowest BCUT2D eigenvalue weighted by atomic mass is 9.91. The molecule has 0 radical (unpaired) electrons. The number of rotatable bonds is 4. The Bertz CT molecular complexity index is 995. The average molecular weight is 385 g/mol. The summed E-state index contributed by atoms with van der Waals surface area (Å²) in [5.74, 6) is -0.684. The van der Waals surface area contributed by atoms with Crippen molar-refractivity contribution in [2.24, 2.45) is 0 Å². The van der Waals surface area contributed by atoms with E-state index in [2.05, 4.69) is 10.6 Å². The lowest BCUT2D eigenvalue weighted by Gasteiger charge is -2.22. The molecule has 4 rings (SSSR count). The molecule has 0 saturated carbocycles. The van der Waals surface area contributed by atoms with E-state index in [0.29, 0.717) is 17.1 Å². The SMILES string of the molecule is C[C@]1(c2ccc3c(c2)OCO3)NC(=O)N(CC(=O)Nc2cccc(F)c2)C1=O. The Balaban J connectivity index is 1.51. The molecule has 1 atom stereocenters. The van der Waals surface area contributed by atoms with Crippen LogP contribution in [0.5, 0.6) is 11.5 Å². The Morgan fingerprint density at radius 2 is 2.00 bits per heavy atom. The summed E-state index contributed by atoms with van der Waals surface area (Å²) in [5.41, 5.74) is -0.615. The van der Waals surface area contributed by atoms with Crippen molar-refractivity contribution < 1.29 is 28.2 Å². The molecule has 8 nitrogen and oxygen atoms in total. The molecule has 144 valence electrons. The van der Waals surface area contributed by atoms with Gasteiger partial charge in [-0.25, -0.2) is 9.18 Å². The fraction of sp³-hybridized carbons (Fsp3) is 0.211. The summed E-state index contributed by atoms with van der Waals surface area (Å²) < 4.78 is 23.8. The van der Waals surface area contributed by atoms with Crippen molar-refractivity contribution in [2.75, 3.05) is 18.7 Å². The summed E-state index contributed by atoms with van der Waals surface area (Å²) in [6.45, 7) is 1.14. The number of nitrogens with one attached hydrogen (secondary N) is 2. The smallest absolute Gasteiger partial charge is 0.325 e. The van der Waals surface area contributed by atoms with Crippen LogP contribution in [-0.2, 0) is 15.1 Å². The number of anilines is 1. The van der Waals surface area contributed by atoms with Gasteiger partial charge in [0.15, 0.2) is 11.5 Å². The van der Waals surface area contributed by atoms with Crippen LogP contribution >= 0.6 is 0 Å². The maximum atomic E-state index is 13.2. The molecule has 2 aliphatic rings. The van der Waals surface area contributed by atoms with Crippen molar-refractivity contribution in [3.8, 4) is 11.5 Å². The molecule has 28 heavy (non-hydrogen) atoms. The minimum atomic E-state index is -1.35. The van der Waals surface area contributed by atoms with E-state index in [-0.39, 0.29) is 12.5 Å². The first kappa shape index (κ1) is 17.8. The predicted octanol–water partition coefficient (Wildman–Crippen LogP) is 1.96. The van der Waals surface area contributed by atoms with Crippen molar-refractivity contribution >= 4 is 23.5 Å². The minimum absolute atomic E-state index is 0.0855. The zero-order chi connectivity index (χ0) is 19.9. The maximum Gasteiger partial charge on any atom is 0.325 e. The maximum absolute atomic E-state index is 13.2. The van der Waals surface area contributed by atoms with Gasteiger partial charge in [0.25, 0.3) is 5.91 Å². The van der Waals surface area contributed by atoms with E-state index in [0.717, 1.165) is 11.0 Å². The first-order chi connectivity index (χ1) is 13.4. The van der Waals surface area contributed by atoms with Crippen molar-refractivity contribution in [1.29, 1.82) is 0 Å². The monoisotopic (exact) mass is 385 g/mol. The number of hydrogen-bond donors (Lipinski definition) is 2. The largest absolute Gasteiger partial charge is 0.454 e. The predicted molar refractivity (Wildman–Crippen MR) is 95.2 cm³/mol. The number of carbonyl (C=O) groups excluding carboxylic acids is 3. The van der Waals surface area contributed by atoms with Crippen molar-refractivity contribution in [1.82, 2.24) is 10.2 Å².